The van der Waals surface area contributed by atoms with Gasteiger partial charge in [-0.3, -0.25) is 9.59 Å². The van der Waals surface area contributed by atoms with Gasteiger partial charge in [0.25, 0.3) is 0 Å². The maximum absolute atomic E-state index is 13.4. The summed E-state index contributed by atoms with van der Waals surface area (Å²) in [7, 11) is 0. The molecule has 6 heteroatoms. The van der Waals surface area contributed by atoms with Gasteiger partial charge in [0.2, 0.25) is 11.8 Å². The second-order valence-electron chi connectivity index (χ2n) is 6.93. The zero-order chi connectivity index (χ0) is 19.4. The molecule has 27 heavy (non-hydrogen) atoms. The van der Waals surface area contributed by atoms with Crippen molar-refractivity contribution < 1.29 is 18.4 Å². The van der Waals surface area contributed by atoms with E-state index in [0.717, 1.165) is 11.1 Å². The van der Waals surface area contributed by atoms with Crippen LogP contribution in [-0.2, 0) is 22.7 Å². The fourth-order valence-electron chi connectivity index (χ4n) is 3.29. The number of nitrogens with zero attached hydrogens (tertiary/aromatic N) is 1. The molecule has 0 unspecified atom stereocenters. The van der Waals surface area contributed by atoms with Crippen LogP contribution in [0.25, 0.3) is 0 Å². The van der Waals surface area contributed by atoms with Gasteiger partial charge in [-0.2, -0.15) is 0 Å². The van der Waals surface area contributed by atoms with Crippen molar-refractivity contribution in [1.29, 1.82) is 0 Å². The molecule has 0 aromatic heterocycles. The van der Waals surface area contributed by atoms with Crippen LogP contribution in [-0.4, -0.2) is 23.3 Å². The predicted octanol–water partition coefficient (Wildman–Crippen LogP) is 3.33. The molecule has 2 aromatic rings. The monoisotopic (exact) mass is 372 g/mol. The van der Waals surface area contributed by atoms with Crippen molar-refractivity contribution >= 4 is 11.8 Å². The second kappa shape index (κ2) is 8.29. The summed E-state index contributed by atoms with van der Waals surface area (Å²) in [6.45, 7) is 2.68. The summed E-state index contributed by atoms with van der Waals surface area (Å²) in [5.41, 5.74) is 2.33. The molecule has 1 fully saturated rings. The van der Waals surface area contributed by atoms with Crippen LogP contribution in [0.15, 0.2) is 42.5 Å². The summed E-state index contributed by atoms with van der Waals surface area (Å²) >= 11 is 0. The first-order chi connectivity index (χ1) is 12.9. The minimum Gasteiger partial charge on any atom is -0.352 e. The van der Waals surface area contributed by atoms with Crippen LogP contribution >= 0.6 is 0 Å². The van der Waals surface area contributed by atoms with E-state index in [1.807, 2.05) is 6.92 Å². The quantitative estimate of drug-likeness (QED) is 0.875. The minimum atomic E-state index is -0.350. The lowest BCUT2D eigenvalue weighted by molar-refractivity contribution is -0.139. The van der Waals surface area contributed by atoms with Crippen molar-refractivity contribution in [2.75, 3.05) is 6.54 Å². The zero-order valence-corrected chi connectivity index (χ0v) is 15.2. The van der Waals surface area contributed by atoms with Gasteiger partial charge in [0.1, 0.15) is 11.6 Å². The number of hydrogen-bond donors (Lipinski definition) is 1. The van der Waals surface area contributed by atoms with Crippen LogP contribution < -0.4 is 5.32 Å². The Kier molecular flexibility index (Phi) is 5.84. The first-order valence-corrected chi connectivity index (χ1v) is 8.97. The molecule has 0 spiro atoms. The first-order valence-electron chi connectivity index (χ1n) is 8.97. The summed E-state index contributed by atoms with van der Waals surface area (Å²) in [5, 5.41) is 2.84. The Balaban J connectivity index is 1.60. The van der Waals surface area contributed by atoms with Gasteiger partial charge in [0.05, 0.1) is 5.92 Å². The van der Waals surface area contributed by atoms with Crippen LogP contribution in [0, 0.1) is 24.5 Å². The van der Waals surface area contributed by atoms with Crippen LogP contribution in [0.2, 0.25) is 0 Å². The van der Waals surface area contributed by atoms with Gasteiger partial charge in [-0.25, -0.2) is 8.78 Å². The average molecular weight is 372 g/mol. The standard InChI is InChI=1S/C21H22F2N2O2/c1-14-5-7-19(23)10-17(14)11-24-21(27)16-6-8-20(26)25(13-16)12-15-3-2-4-18(22)9-15/h2-5,7,9-10,16H,6,8,11-13H2,1H3,(H,24,27)/t16-/m0/s1. The van der Waals surface area contributed by atoms with E-state index in [9.17, 15) is 18.4 Å². The molecule has 0 radical (unpaired) electrons. The molecule has 0 bridgehead atoms. The van der Waals surface area contributed by atoms with Crippen molar-refractivity contribution in [3.63, 3.8) is 0 Å². The second-order valence-corrected chi connectivity index (χ2v) is 6.93. The minimum absolute atomic E-state index is 0.0377. The summed E-state index contributed by atoms with van der Waals surface area (Å²) in [6.07, 6.45) is 0.763. The highest BCUT2D eigenvalue weighted by Gasteiger charge is 2.30. The fraction of sp³-hybridized carbons (Fsp3) is 0.333. The normalized spacial score (nSPS) is 17.1. The third-order valence-corrected chi connectivity index (χ3v) is 4.90. The average Bonchev–Trinajstić information content (AvgIpc) is 2.64. The largest absolute Gasteiger partial charge is 0.352 e. The lowest BCUT2D eigenvalue weighted by Gasteiger charge is -2.32. The Hall–Kier alpha value is -2.76. The molecule has 1 atom stereocenters. The molecule has 1 N–H and O–H groups in total. The van der Waals surface area contributed by atoms with Crippen molar-refractivity contribution in [1.82, 2.24) is 10.2 Å². The van der Waals surface area contributed by atoms with Crippen molar-refractivity contribution in [2.24, 2.45) is 5.92 Å². The van der Waals surface area contributed by atoms with Gasteiger partial charge < -0.3 is 10.2 Å². The zero-order valence-electron chi connectivity index (χ0n) is 15.2. The van der Waals surface area contributed by atoms with Gasteiger partial charge in [0, 0.05) is 26.1 Å². The van der Waals surface area contributed by atoms with E-state index < -0.39 is 0 Å². The molecular formula is C21H22F2N2O2. The highest BCUT2D eigenvalue weighted by Crippen LogP contribution is 2.21. The molecule has 2 amide bonds. The van der Waals surface area contributed by atoms with Crippen LogP contribution in [0.1, 0.15) is 29.5 Å². The summed E-state index contributed by atoms with van der Waals surface area (Å²) < 4.78 is 26.7. The van der Waals surface area contributed by atoms with E-state index >= 15 is 0 Å². The smallest absolute Gasteiger partial charge is 0.225 e. The number of likely N-dealkylation sites (tertiary alicyclic amines) is 1. The number of halogens is 2. The van der Waals surface area contributed by atoms with Crippen LogP contribution in [0.4, 0.5) is 8.78 Å². The van der Waals surface area contributed by atoms with Crippen molar-refractivity contribution in [2.45, 2.75) is 32.9 Å². The number of amides is 2. The third-order valence-electron chi connectivity index (χ3n) is 4.90. The molecular weight excluding hydrogens is 350 g/mol. The lowest BCUT2D eigenvalue weighted by atomic mass is 9.96. The molecule has 4 nitrogen and oxygen atoms in total. The predicted molar refractivity (Wildman–Crippen MR) is 97.5 cm³/mol. The number of benzene rings is 2. The third kappa shape index (κ3) is 4.90. The number of piperidine rings is 1. The summed E-state index contributed by atoms with van der Waals surface area (Å²) in [6, 6.07) is 10.6. The highest BCUT2D eigenvalue weighted by molar-refractivity contribution is 5.83. The van der Waals surface area contributed by atoms with Crippen LogP contribution in [0.3, 0.4) is 0 Å². The van der Waals surface area contributed by atoms with Gasteiger partial charge in [-0.05, 0) is 54.3 Å². The van der Waals surface area contributed by atoms with E-state index in [2.05, 4.69) is 5.32 Å². The van der Waals surface area contributed by atoms with Crippen molar-refractivity contribution in [3.05, 3.63) is 70.8 Å². The Bertz CT molecular complexity index is 854. The topological polar surface area (TPSA) is 49.4 Å². The highest BCUT2D eigenvalue weighted by atomic mass is 19.1. The SMILES string of the molecule is Cc1ccc(F)cc1CNC(=O)[C@H]1CCC(=O)N(Cc2cccc(F)c2)C1. The Labute approximate surface area is 157 Å². The number of hydrogen-bond acceptors (Lipinski definition) is 2. The Morgan fingerprint density at radius 1 is 1.19 bits per heavy atom. The summed E-state index contributed by atoms with van der Waals surface area (Å²) in [5.74, 6) is -1.21. The van der Waals surface area contributed by atoms with E-state index in [1.54, 1.807) is 23.1 Å². The lowest BCUT2D eigenvalue weighted by Crippen LogP contribution is -2.45. The molecule has 0 saturated carbocycles. The molecule has 1 heterocycles. The molecule has 1 aliphatic heterocycles. The number of aryl methyl sites for hydroxylation is 1. The number of rotatable bonds is 5. The Morgan fingerprint density at radius 2 is 1.96 bits per heavy atom. The number of carbonyl (C=O) groups excluding carboxylic acids is 2. The number of nitrogens with one attached hydrogen (secondary N) is 1. The Morgan fingerprint density at radius 3 is 2.74 bits per heavy atom. The molecule has 142 valence electrons. The van der Waals surface area contributed by atoms with E-state index in [0.29, 0.717) is 18.5 Å². The molecule has 0 aliphatic carbocycles. The fourth-order valence-corrected chi connectivity index (χ4v) is 3.29. The molecule has 1 aliphatic rings. The van der Waals surface area contributed by atoms with Crippen LogP contribution in [0.5, 0.6) is 0 Å². The first kappa shape index (κ1) is 19.0. The number of carbonyl (C=O) groups is 2. The van der Waals surface area contributed by atoms with Gasteiger partial charge in [-0.1, -0.05) is 18.2 Å². The van der Waals surface area contributed by atoms with E-state index in [1.165, 1.54) is 24.3 Å². The van der Waals surface area contributed by atoms with Crippen molar-refractivity contribution in [3.8, 4) is 0 Å². The maximum atomic E-state index is 13.4. The van der Waals surface area contributed by atoms with Gasteiger partial charge in [-0.15, -0.1) is 0 Å². The van der Waals surface area contributed by atoms with Gasteiger partial charge in [0.15, 0.2) is 0 Å². The van der Waals surface area contributed by atoms with E-state index in [-0.39, 0.29) is 48.9 Å². The molecule has 3 rings (SSSR count). The van der Waals surface area contributed by atoms with E-state index in [4.69, 9.17) is 0 Å². The molecule has 1 saturated heterocycles. The molecule has 2 aromatic carbocycles. The summed E-state index contributed by atoms with van der Waals surface area (Å²) in [4.78, 5) is 26.3. The van der Waals surface area contributed by atoms with Gasteiger partial charge >= 0.3 is 0 Å². The maximum Gasteiger partial charge on any atom is 0.225 e.